The molecule has 3 aromatic carbocycles. The van der Waals surface area contributed by atoms with Crippen LogP contribution in [0.25, 0.3) is 32.7 Å². The molecule has 180 valence electrons. The van der Waals surface area contributed by atoms with Crippen molar-refractivity contribution in [2.45, 2.75) is 20.8 Å². The monoisotopic (exact) mass is 531 g/mol. The zero-order valence-electron chi connectivity index (χ0n) is 21.5. The van der Waals surface area contributed by atoms with E-state index in [4.69, 9.17) is 0 Å². The number of hydrogen-bond acceptors (Lipinski definition) is 6. The molecule has 3 N–H and O–H groups in total. The largest absolute Gasteiger partial charge is 3.00 e. The van der Waals surface area contributed by atoms with Crippen LogP contribution in [-0.2, 0) is 0 Å². The predicted molar refractivity (Wildman–Crippen MR) is 156 cm³/mol. The van der Waals surface area contributed by atoms with Crippen LogP contribution in [0.2, 0.25) is 0 Å². The van der Waals surface area contributed by atoms with Crippen molar-refractivity contribution < 1.29 is 15.3 Å². The molecule has 3 aromatic heterocycles. The maximum atomic E-state index is 9.43. The quantitative estimate of drug-likeness (QED) is 0.209. The second kappa shape index (κ2) is 13.8. The number of benzene rings is 3. The number of aryl methyl sites for hydroxylation is 3. The number of rotatable bonds is 0. The van der Waals surface area contributed by atoms with Gasteiger partial charge in [0.2, 0.25) is 0 Å². The van der Waals surface area contributed by atoms with Gasteiger partial charge in [-0.05, 0) is 73.9 Å². The fourth-order valence-electron chi connectivity index (χ4n) is 3.90. The molecule has 6 rings (SSSR count). The molecule has 0 fully saturated rings. The SMILES string of the molecule is Cc1ccnc2c(O)cccc12.Cc1ccnc2c(O)cccc12.Cc1ccnc2c(O)cccc12.[Al+3].[Al+3]. The van der Waals surface area contributed by atoms with E-state index in [1.54, 1.807) is 36.8 Å². The van der Waals surface area contributed by atoms with Gasteiger partial charge in [0.25, 0.3) is 0 Å². The number of hydrogen-bond donors (Lipinski definition) is 3. The van der Waals surface area contributed by atoms with Crippen LogP contribution in [0.15, 0.2) is 91.4 Å². The summed E-state index contributed by atoms with van der Waals surface area (Å²) in [7, 11) is 0. The number of aromatic nitrogens is 3. The van der Waals surface area contributed by atoms with E-state index < -0.39 is 0 Å². The van der Waals surface area contributed by atoms with Crippen LogP contribution >= 0.6 is 0 Å². The molecule has 6 nitrogen and oxygen atoms in total. The van der Waals surface area contributed by atoms with Crippen molar-refractivity contribution in [2.75, 3.05) is 0 Å². The molecule has 0 aliphatic rings. The second-order valence-electron chi connectivity index (χ2n) is 8.40. The molecule has 0 unspecified atom stereocenters. The van der Waals surface area contributed by atoms with Gasteiger partial charge in [-0.2, -0.15) is 0 Å². The minimum atomic E-state index is 0. The fraction of sp³-hybridized carbons (Fsp3) is 0.100. The van der Waals surface area contributed by atoms with Gasteiger partial charge in [-0.25, -0.2) is 0 Å². The van der Waals surface area contributed by atoms with E-state index in [9.17, 15) is 15.3 Å². The first kappa shape index (κ1) is 30.6. The third kappa shape index (κ3) is 6.81. The molecule has 0 aliphatic heterocycles. The summed E-state index contributed by atoms with van der Waals surface area (Å²) in [6.07, 6.45) is 5.12. The van der Waals surface area contributed by atoms with Gasteiger partial charge < -0.3 is 15.3 Å². The smallest absolute Gasteiger partial charge is 0.506 e. The summed E-state index contributed by atoms with van der Waals surface area (Å²) >= 11 is 0. The first-order valence-corrected chi connectivity index (χ1v) is 11.5. The number of phenols is 3. The molecular weight excluding hydrogens is 504 g/mol. The van der Waals surface area contributed by atoms with Crippen molar-refractivity contribution in [3.63, 3.8) is 0 Å². The number of phenolic OH excluding ortho intramolecular Hbond substituents is 3. The Kier molecular flexibility index (Phi) is 11.1. The Morgan fingerprint density at radius 3 is 0.921 bits per heavy atom. The minimum Gasteiger partial charge on any atom is -0.506 e. The Morgan fingerprint density at radius 2 is 0.684 bits per heavy atom. The number of fused-ring (bicyclic) bond motifs is 3. The molecule has 0 aliphatic carbocycles. The summed E-state index contributed by atoms with van der Waals surface area (Å²) in [5, 5.41) is 31.3. The Hall–Kier alpha value is -3.65. The van der Waals surface area contributed by atoms with Gasteiger partial charge in [0, 0.05) is 34.7 Å². The molecule has 8 heteroatoms. The second-order valence-corrected chi connectivity index (χ2v) is 8.40. The van der Waals surface area contributed by atoms with Gasteiger partial charge in [0.15, 0.2) is 0 Å². The average molecular weight is 532 g/mol. The molecule has 6 aromatic rings. The number of aromatic hydroxyl groups is 3. The average Bonchev–Trinajstić information content (AvgIpc) is 2.87. The van der Waals surface area contributed by atoms with Crippen molar-refractivity contribution in [1.29, 1.82) is 0 Å². The van der Waals surface area contributed by atoms with Crippen molar-refractivity contribution >= 4 is 67.4 Å². The number of para-hydroxylation sites is 3. The molecule has 3 heterocycles. The molecule has 0 saturated heterocycles. The third-order valence-corrected chi connectivity index (χ3v) is 5.90. The Balaban J connectivity index is 0.000000195. The first-order chi connectivity index (χ1) is 17.4. The van der Waals surface area contributed by atoms with Gasteiger partial charge in [-0.15, -0.1) is 0 Å². The van der Waals surface area contributed by atoms with Crippen LogP contribution in [-0.4, -0.2) is 65.0 Å². The van der Waals surface area contributed by atoms with Gasteiger partial charge in [-0.1, -0.05) is 36.4 Å². The van der Waals surface area contributed by atoms with Crippen LogP contribution in [0.3, 0.4) is 0 Å². The van der Waals surface area contributed by atoms with Crippen LogP contribution in [0.4, 0.5) is 0 Å². The zero-order chi connectivity index (χ0) is 25.7. The molecule has 0 bridgehead atoms. The van der Waals surface area contributed by atoms with Crippen LogP contribution in [0.5, 0.6) is 17.2 Å². The summed E-state index contributed by atoms with van der Waals surface area (Å²) in [4.78, 5) is 12.3. The Morgan fingerprint density at radius 1 is 0.421 bits per heavy atom. The van der Waals surface area contributed by atoms with Crippen LogP contribution < -0.4 is 0 Å². The van der Waals surface area contributed by atoms with E-state index in [1.165, 1.54) is 0 Å². The normalized spacial score (nSPS) is 9.87. The zero-order valence-corrected chi connectivity index (χ0v) is 23.8. The topological polar surface area (TPSA) is 99.4 Å². The van der Waals surface area contributed by atoms with E-state index in [0.717, 1.165) is 32.8 Å². The molecule has 38 heavy (non-hydrogen) atoms. The molecule has 0 spiro atoms. The van der Waals surface area contributed by atoms with Gasteiger partial charge in [0.05, 0.1) is 0 Å². The van der Waals surface area contributed by atoms with Gasteiger partial charge >= 0.3 is 34.7 Å². The van der Waals surface area contributed by atoms with Crippen molar-refractivity contribution in [3.05, 3.63) is 108 Å². The number of nitrogens with zero attached hydrogens (tertiary/aromatic N) is 3. The molecule has 0 amide bonds. The van der Waals surface area contributed by atoms with E-state index in [1.807, 2.05) is 75.4 Å². The maximum Gasteiger partial charge on any atom is 3.00 e. The Bertz CT molecular complexity index is 1350. The number of pyridine rings is 3. The van der Waals surface area contributed by atoms with Gasteiger partial charge in [0.1, 0.15) is 33.8 Å². The molecule has 0 radical (unpaired) electrons. The summed E-state index contributed by atoms with van der Waals surface area (Å²) in [6, 6.07) is 22.1. The third-order valence-electron chi connectivity index (χ3n) is 5.90. The predicted octanol–water partition coefficient (Wildman–Crippen LogP) is 5.98. The summed E-state index contributed by atoms with van der Waals surface area (Å²) < 4.78 is 0. The van der Waals surface area contributed by atoms with Crippen molar-refractivity contribution in [3.8, 4) is 17.2 Å². The summed E-state index contributed by atoms with van der Waals surface area (Å²) in [5.74, 6) is 0.739. The van der Waals surface area contributed by atoms with Crippen molar-refractivity contribution in [2.24, 2.45) is 0 Å². The minimum absolute atomic E-state index is 0. The van der Waals surface area contributed by atoms with E-state index >= 15 is 0 Å². The summed E-state index contributed by atoms with van der Waals surface area (Å²) in [5.41, 5.74) is 5.44. The van der Waals surface area contributed by atoms with E-state index in [2.05, 4.69) is 15.0 Å². The summed E-state index contributed by atoms with van der Waals surface area (Å²) in [6.45, 7) is 6.01. The maximum absolute atomic E-state index is 9.43. The first-order valence-electron chi connectivity index (χ1n) is 11.5. The van der Waals surface area contributed by atoms with Gasteiger partial charge in [-0.3, -0.25) is 15.0 Å². The van der Waals surface area contributed by atoms with Crippen molar-refractivity contribution in [1.82, 2.24) is 15.0 Å². The standard InChI is InChI=1S/3C10H9NO.2Al/c3*1-7-5-6-11-10-8(7)3-2-4-9(10)12;;/h3*2-6,12H,1H3;;/q;;;2*+3. The molecular formula is C30H27Al2N3O3+6. The molecule has 0 saturated carbocycles. The molecule has 0 atom stereocenters. The Labute approximate surface area is 242 Å². The van der Waals surface area contributed by atoms with E-state index in [-0.39, 0.29) is 52.0 Å². The van der Waals surface area contributed by atoms with Crippen LogP contribution in [0, 0.1) is 20.8 Å². The fourth-order valence-corrected chi connectivity index (χ4v) is 3.90. The van der Waals surface area contributed by atoms with E-state index in [0.29, 0.717) is 16.6 Å². The van der Waals surface area contributed by atoms with Crippen LogP contribution in [0.1, 0.15) is 16.7 Å².